The van der Waals surface area contributed by atoms with E-state index in [1.165, 1.54) is 13.2 Å². The van der Waals surface area contributed by atoms with Gasteiger partial charge < -0.3 is 9.15 Å². The van der Waals surface area contributed by atoms with Gasteiger partial charge in [-0.3, -0.25) is 10.1 Å². The number of nitriles is 1. The summed E-state index contributed by atoms with van der Waals surface area (Å²) in [5.74, 6) is -0.895. The van der Waals surface area contributed by atoms with Crippen LogP contribution in [0.2, 0.25) is 0 Å². The Balaban J connectivity index is 1.45. The zero-order valence-corrected chi connectivity index (χ0v) is 22.5. The second-order valence-corrected chi connectivity index (χ2v) is 9.44. The van der Waals surface area contributed by atoms with Gasteiger partial charge >= 0.3 is 12.1 Å². The van der Waals surface area contributed by atoms with E-state index >= 15 is 0 Å². The SMILES string of the molecule is CCC(OC(=O)c1ccc([N+](=O)[O-])cc1)(c1cn(Cc2ccc3c(-c4coc(C)n4)cc(C#N)nc3c2)nn1)C(F)(F)F. The van der Waals surface area contributed by atoms with E-state index in [9.17, 15) is 33.3 Å². The molecule has 1 atom stereocenters. The van der Waals surface area contributed by atoms with Crippen LogP contribution in [-0.2, 0) is 16.9 Å². The van der Waals surface area contributed by atoms with Crippen molar-refractivity contribution in [2.24, 2.45) is 0 Å². The topological polar surface area (TPSA) is 163 Å². The molecule has 218 valence electrons. The summed E-state index contributed by atoms with van der Waals surface area (Å²) >= 11 is 0. The minimum absolute atomic E-state index is 0.0201. The number of pyridine rings is 1. The average molecular weight is 592 g/mol. The maximum atomic E-state index is 14.5. The smallest absolute Gasteiger partial charge is 0.434 e. The molecule has 0 aliphatic rings. The molecular weight excluding hydrogens is 571 g/mol. The number of oxazole rings is 1. The Bertz CT molecular complexity index is 1890. The van der Waals surface area contributed by atoms with Crippen molar-refractivity contribution in [3.05, 3.63) is 99.5 Å². The molecule has 0 saturated heterocycles. The number of nitro groups is 1. The van der Waals surface area contributed by atoms with Crippen molar-refractivity contribution >= 4 is 22.6 Å². The van der Waals surface area contributed by atoms with Crippen molar-refractivity contribution < 1.29 is 32.0 Å². The van der Waals surface area contributed by atoms with Gasteiger partial charge in [0.1, 0.15) is 29.4 Å². The molecule has 0 bridgehead atoms. The third-order valence-corrected chi connectivity index (χ3v) is 6.72. The lowest BCUT2D eigenvalue weighted by Gasteiger charge is -2.32. The van der Waals surface area contributed by atoms with E-state index in [1.54, 1.807) is 31.2 Å². The molecule has 0 fully saturated rings. The third kappa shape index (κ3) is 5.49. The molecule has 5 aromatic rings. The number of esters is 1. The van der Waals surface area contributed by atoms with Gasteiger partial charge in [0.05, 0.1) is 28.7 Å². The third-order valence-electron chi connectivity index (χ3n) is 6.72. The monoisotopic (exact) mass is 591 g/mol. The van der Waals surface area contributed by atoms with Gasteiger partial charge in [0, 0.05) is 30.0 Å². The normalized spacial score (nSPS) is 12.9. The number of halogens is 3. The van der Waals surface area contributed by atoms with Crippen LogP contribution in [0.1, 0.15) is 46.5 Å². The molecular formula is C28H20F3N7O5. The summed E-state index contributed by atoms with van der Waals surface area (Å²) in [7, 11) is 0. The fourth-order valence-electron chi connectivity index (χ4n) is 4.52. The fourth-order valence-corrected chi connectivity index (χ4v) is 4.52. The minimum atomic E-state index is -5.07. The van der Waals surface area contributed by atoms with Crippen molar-refractivity contribution in [1.29, 1.82) is 5.26 Å². The first-order valence-electron chi connectivity index (χ1n) is 12.7. The molecule has 0 radical (unpaired) electrons. The van der Waals surface area contributed by atoms with Crippen LogP contribution in [-0.4, -0.2) is 42.0 Å². The van der Waals surface area contributed by atoms with Gasteiger partial charge in [-0.25, -0.2) is 19.4 Å². The standard InChI is InChI=1S/C28H20F3N7O5/c1-3-27(28(29,30)31,43-26(39)18-5-7-20(8-6-18)38(40)41)25-14-37(36-35-25)13-17-4-9-21-22(24-15-42-16(2)33-24)11-19(12-32)34-23(21)10-17/h4-11,14-15H,3,13H2,1-2H3. The molecule has 43 heavy (non-hydrogen) atoms. The largest absolute Gasteiger partial charge is 0.449 e. The molecule has 5 rings (SSSR count). The predicted molar refractivity (Wildman–Crippen MR) is 142 cm³/mol. The summed E-state index contributed by atoms with van der Waals surface area (Å²) < 4.78 is 54.9. The van der Waals surface area contributed by atoms with E-state index < -0.39 is 34.8 Å². The first kappa shape index (κ1) is 28.9. The molecule has 0 aliphatic heterocycles. The van der Waals surface area contributed by atoms with Gasteiger partial charge in [0.25, 0.3) is 11.3 Å². The van der Waals surface area contributed by atoms with Crippen LogP contribution in [0.25, 0.3) is 22.2 Å². The number of ether oxygens (including phenoxy) is 1. The molecule has 0 spiro atoms. The Hall–Kier alpha value is -5.65. The molecule has 0 saturated carbocycles. The average Bonchev–Trinajstić information content (AvgIpc) is 3.63. The number of carbonyl (C=O) groups is 1. The minimum Gasteiger partial charge on any atom is -0.449 e. The van der Waals surface area contributed by atoms with Gasteiger partial charge in [-0.2, -0.15) is 18.4 Å². The van der Waals surface area contributed by atoms with Crippen molar-refractivity contribution in [2.75, 3.05) is 0 Å². The van der Waals surface area contributed by atoms with Gasteiger partial charge in [-0.15, -0.1) is 5.10 Å². The number of benzene rings is 2. The molecule has 0 amide bonds. The summed E-state index contributed by atoms with van der Waals surface area (Å²) in [4.78, 5) is 31.6. The first-order chi connectivity index (χ1) is 20.4. The molecule has 0 aliphatic carbocycles. The number of alkyl halides is 3. The van der Waals surface area contributed by atoms with Gasteiger partial charge in [-0.05, 0) is 36.2 Å². The van der Waals surface area contributed by atoms with Crippen LogP contribution in [0.5, 0.6) is 0 Å². The maximum Gasteiger partial charge on any atom is 0.434 e. The number of nitrogens with zero attached hydrogens (tertiary/aromatic N) is 7. The summed E-state index contributed by atoms with van der Waals surface area (Å²) in [6, 6.07) is 12.7. The van der Waals surface area contributed by atoms with Crippen molar-refractivity contribution in [3.8, 4) is 17.3 Å². The number of carbonyl (C=O) groups excluding carboxylic acids is 1. The summed E-state index contributed by atoms with van der Waals surface area (Å²) in [6.07, 6.45) is -3.29. The predicted octanol–water partition coefficient (Wildman–Crippen LogP) is 5.64. The number of non-ortho nitro benzene ring substituents is 1. The van der Waals surface area contributed by atoms with Gasteiger partial charge in [-0.1, -0.05) is 24.3 Å². The van der Waals surface area contributed by atoms with Crippen molar-refractivity contribution in [2.45, 2.75) is 38.6 Å². The number of hydrogen-bond donors (Lipinski definition) is 0. The summed E-state index contributed by atoms with van der Waals surface area (Å²) in [5.41, 5.74) is -2.12. The molecule has 3 aromatic heterocycles. The van der Waals surface area contributed by atoms with E-state index in [-0.39, 0.29) is 23.5 Å². The van der Waals surface area contributed by atoms with Crippen LogP contribution in [0.15, 0.2) is 65.4 Å². The number of fused-ring (bicyclic) bond motifs is 1. The van der Waals surface area contributed by atoms with Crippen molar-refractivity contribution in [3.63, 3.8) is 0 Å². The van der Waals surface area contributed by atoms with Crippen LogP contribution < -0.4 is 0 Å². The van der Waals surface area contributed by atoms with Crippen molar-refractivity contribution in [1.82, 2.24) is 25.0 Å². The Labute approximate surface area is 240 Å². The zero-order chi connectivity index (χ0) is 30.9. The summed E-state index contributed by atoms with van der Waals surface area (Å²) in [6.45, 7) is 2.85. The summed E-state index contributed by atoms with van der Waals surface area (Å²) in [5, 5.41) is 28.6. The van der Waals surface area contributed by atoms with Crippen LogP contribution in [0.3, 0.4) is 0 Å². The van der Waals surface area contributed by atoms with Crippen LogP contribution in [0.4, 0.5) is 18.9 Å². The number of aryl methyl sites for hydroxylation is 1. The molecule has 0 N–H and O–H groups in total. The molecule has 1 unspecified atom stereocenters. The van der Waals surface area contributed by atoms with Gasteiger partial charge in [0.2, 0.25) is 0 Å². The zero-order valence-electron chi connectivity index (χ0n) is 22.5. The number of rotatable bonds is 8. The quantitative estimate of drug-likeness (QED) is 0.125. The second-order valence-electron chi connectivity index (χ2n) is 9.44. The fraction of sp³-hybridized carbons (Fsp3) is 0.214. The Kier molecular flexibility index (Phi) is 7.36. The lowest BCUT2D eigenvalue weighted by Crippen LogP contribution is -2.46. The number of hydrogen-bond acceptors (Lipinski definition) is 10. The first-order valence-corrected chi connectivity index (χ1v) is 12.7. The Morgan fingerprint density at radius 3 is 2.51 bits per heavy atom. The highest BCUT2D eigenvalue weighted by Gasteiger charge is 2.60. The van der Waals surface area contributed by atoms with E-state index in [4.69, 9.17) is 9.15 Å². The van der Waals surface area contributed by atoms with E-state index in [0.717, 1.165) is 35.1 Å². The Morgan fingerprint density at radius 1 is 1.16 bits per heavy atom. The molecule has 3 heterocycles. The van der Waals surface area contributed by atoms with Crippen LogP contribution >= 0.6 is 0 Å². The van der Waals surface area contributed by atoms with E-state index in [0.29, 0.717) is 33.6 Å². The molecule has 12 nitrogen and oxygen atoms in total. The van der Waals surface area contributed by atoms with Gasteiger partial charge in [0.15, 0.2) is 5.89 Å². The molecule has 2 aromatic carbocycles. The highest BCUT2D eigenvalue weighted by atomic mass is 19.4. The second kappa shape index (κ2) is 11.0. The highest BCUT2D eigenvalue weighted by molar-refractivity contribution is 5.94. The number of aromatic nitrogens is 5. The van der Waals surface area contributed by atoms with E-state index in [2.05, 4.69) is 20.3 Å². The highest BCUT2D eigenvalue weighted by Crippen LogP contribution is 2.44. The lowest BCUT2D eigenvalue weighted by molar-refractivity contribution is -0.384. The van der Waals surface area contributed by atoms with E-state index in [1.807, 2.05) is 6.07 Å². The number of nitro benzene ring substituents is 1. The van der Waals surface area contributed by atoms with Crippen LogP contribution in [0, 0.1) is 28.4 Å². The lowest BCUT2D eigenvalue weighted by atomic mass is 9.95. The Morgan fingerprint density at radius 2 is 1.91 bits per heavy atom. The molecule has 15 heteroatoms. The maximum absolute atomic E-state index is 14.5.